The summed E-state index contributed by atoms with van der Waals surface area (Å²) in [6, 6.07) is 10.5. The van der Waals surface area contributed by atoms with Gasteiger partial charge in [0.2, 0.25) is 0 Å². The van der Waals surface area contributed by atoms with Crippen molar-refractivity contribution in [2.75, 3.05) is 0 Å². The zero-order valence-corrected chi connectivity index (χ0v) is 10.5. The van der Waals surface area contributed by atoms with Crippen LogP contribution in [0.4, 0.5) is 0 Å². The molecule has 1 aliphatic rings. The first-order valence-electron chi connectivity index (χ1n) is 5.61. The van der Waals surface area contributed by atoms with Crippen LogP contribution in [0.1, 0.15) is 26.3 Å². The Labute approximate surface area is 115 Å². The number of carbonyl (C=O) groups excluding carboxylic acids is 2. The third-order valence-electron chi connectivity index (χ3n) is 2.97. The van der Waals surface area contributed by atoms with E-state index in [1.165, 1.54) is 4.90 Å². The van der Waals surface area contributed by atoms with E-state index in [1.54, 1.807) is 48.8 Å². The van der Waals surface area contributed by atoms with E-state index in [1.807, 2.05) is 0 Å². The number of hydrogen-bond acceptors (Lipinski definition) is 3. The monoisotopic (exact) mass is 274 g/mol. The van der Waals surface area contributed by atoms with Gasteiger partial charge < -0.3 is 11.0 Å². The minimum absolute atomic E-state index is 0. The minimum atomic E-state index is -0.229. The highest BCUT2D eigenvalue weighted by Gasteiger charge is 2.34. The number of rotatable bonds is 2. The van der Waals surface area contributed by atoms with Crippen LogP contribution in [0.5, 0.6) is 0 Å². The molecule has 0 saturated heterocycles. The van der Waals surface area contributed by atoms with Crippen LogP contribution in [0, 0.1) is 0 Å². The summed E-state index contributed by atoms with van der Waals surface area (Å²) in [6.07, 6.45) is 3.29. The van der Waals surface area contributed by atoms with Crippen molar-refractivity contribution >= 4 is 11.8 Å². The average molecular weight is 274 g/mol. The third-order valence-corrected chi connectivity index (χ3v) is 2.97. The van der Waals surface area contributed by atoms with E-state index in [4.69, 9.17) is 0 Å². The van der Waals surface area contributed by atoms with Gasteiger partial charge in [-0.25, -0.2) is 0 Å². The van der Waals surface area contributed by atoms with Crippen molar-refractivity contribution in [3.63, 3.8) is 0 Å². The molecule has 6 nitrogen and oxygen atoms in total. The Morgan fingerprint density at radius 2 is 1.35 bits per heavy atom. The predicted octanol–water partition coefficient (Wildman–Crippen LogP) is 0.228. The van der Waals surface area contributed by atoms with E-state index in [0.717, 1.165) is 5.56 Å². The Hall–Kier alpha value is -2.57. The summed E-state index contributed by atoms with van der Waals surface area (Å²) in [7, 11) is 0. The molecule has 0 radical (unpaired) electrons. The van der Waals surface area contributed by atoms with E-state index in [2.05, 4.69) is 4.98 Å². The summed E-state index contributed by atoms with van der Waals surface area (Å²) in [4.78, 5) is 29.4. The molecule has 2 aromatic rings. The van der Waals surface area contributed by atoms with Crippen molar-refractivity contribution in [2.45, 2.75) is 6.54 Å². The Morgan fingerprint density at radius 1 is 0.850 bits per heavy atom. The third kappa shape index (κ3) is 2.42. The lowest BCUT2D eigenvalue weighted by Crippen LogP contribution is -2.29. The van der Waals surface area contributed by atoms with Crippen LogP contribution >= 0.6 is 0 Å². The summed E-state index contributed by atoms with van der Waals surface area (Å²) in [5, 5.41) is 0. The Kier molecular flexibility index (Phi) is 4.68. The Bertz CT molecular complexity index is 593. The number of hydrogen-bond donors (Lipinski definition) is 0. The van der Waals surface area contributed by atoms with Gasteiger partial charge in [-0.15, -0.1) is 0 Å². The Balaban J connectivity index is 0.000001000. The molecule has 1 aromatic carbocycles. The van der Waals surface area contributed by atoms with Crippen LogP contribution in [0.25, 0.3) is 0 Å². The van der Waals surface area contributed by atoms with E-state index in [-0.39, 0.29) is 29.3 Å². The summed E-state index contributed by atoms with van der Waals surface area (Å²) in [6.45, 7) is 0.287. The van der Waals surface area contributed by atoms with Crippen molar-refractivity contribution in [3.8, 4) is 0 Å². The number of benzene rings is 1. The molecule has 0 aliphatic carbocycles. The van der Waals surface area contributed by atoms with Gasteiger partial charge in [-0.2, -0.15) is 0 Å². The summed E-state index contributed by atoms with van der Waals surface area (Å²) in [5.41, 5.74) is 1.85. The Morgan fingerprint density at radius 3 is 1.85 bits per heavy atom. The molecule has 4 N–H and O–H groups in total. The van der Waals surface area contributed by atoms with Gasteiger partial charge in [-0.1, -0.05) is 12.1 Å². The molecule has 0 bridgehead atoms. The summed E-state index contributed by atoms with van der Waals surface area (Å²) < 4.78 is 0. The highest BCUT2D eigenvalue weighted by atomic mass is 16.2. The fourth-order valence-electron chi connectivity index (χ4n) is 2.05. The van der Waals surface area contributed by atoms with Gasteiger partial charge >= 0.3 is 0 Å². The first kappa shape index (κ1) is 15.5. The number of imide groups is 1. The smallest absolute Gasteiger partial charge is 0.261 e. The molecular weight excluding hydrogens is 260 g/mol. The zero-order valence-electron chi connectivity index (χ0n) is 10.5. The standard InChI is InChI=1S/C14H10N2O2.2H2O/c17-13-11-3-1-2-4-12(11)14(18)16(13)9-10-5-7-15-8-6-10;;/h1-8H,9H2;2*1H2. The first-order valence-corrected chi connectivity index (χ1v) is 5.61. The molecule has 0 saturated carbocycles. The molecule has 20 heavy (non-hydrogen) atoms. The van der Waals surface area contributed by atoms with Crippen LogP contribution in [0.15, 0.2) is 48.8 Å². The molecule has 104 valence electrons. The van der Waals surface area contributed by atoms with Gasteiger partial charge in [0.05, 0.1) is 17.7 Å². The van der Waals surface area contributed by atoms with Crippen molar-refractivity contribution in [1.29, 1.82) is 0 Å². The molecular formula is C14H14N2O4. The van der Waals surface area contributed by atoms with Crippen LogP contribution in [-0.4, -0.2) is 32.7 Å². The van der Waals surface area contributed by atoms with Gasteiger partial charge in [0.15, 0.2) is 0 Å². The van der Waals surface area contributed by atoms with Crippen LogP contribution in [-0.2, 0) is 6.54 Å². The quantitative estimate of drug-likeness (QED) is 0.730. The normalized spacial score (nSPS) is 12.5. The second-order valence-electron chi connectivity index (χ2n) is 4.10. The molecule has 6 heteroatoms. The highest BCUT2D eigenvalue weighted by Crippen LogP contribution is 2.23. The van der Waals surface area contributed by atoms with E-state index >= 15 is 0 Å². The lowest BCUT2D eigenvalue weighted by Gasteiger charge is -2.13. The molecule has 0 atom stereocenters. The van der Waals surface area contributed by atoms with Crippen molar-refractivity contribution < 1.29 is 20.5 Å². The molecule has 1 aromatic heterocycles. The molecule has 0 spiro atoms. The maximum Gasteiger partial charge on any atom is 0.261 e. The molecule has 3 rings (SSSR count). The highest BCUT2D eigenvalue weighted by molar-refractivity contribution is 6.21. The number of aromatic nitrogens is 1. The summed E-state index contributed by atoms with van der Waals surface area (Å²) >= 11 is 0. The molecule has 2 heterocycles. The largest absolute Gasteiger partial charge is 0.412 e. The van der Waals surface area contributed by atoms with Crippen LogP contribution in [0.2, 0.25) is 0 Å². The molecule has 0 fully saturated rings. The number of pyridine rings is 1. The van der Waals surface area contributed by atoms with E-state index < -0.39 is 0 Å². The van der Waals surface area contributed by atoms with Crippen molar-refractivity contribution in [1.82, 2.24) is 9.88 Å². The lowest BCUT2D eigenvalue weighted by molar-refractivity contribution is 0.0642. The molecule has 0 unspecified atom stereocenters. The minimum Gasteiger partial charge on any atom is -0.412 e. The number of nitrogens with zero attached hydrogens (tertiary/aromatic N) is 2. The van der Waals surface area contributed by atoms with Gasteiger partial charge in [0, 0.05) is 12.4 Å². The molecule has 1 aliphatic heterocycles. The predicted molar refractivity (Wildman–Crippen MR) is 72.1 cm³/mol. The van der Waals surface area contributed by atoms with E-state index in [9.17, 15) is 9.59 Å². The van der Waals surface area contributed by atoms with Gasteiger partial charge in [-0.3, -0.25) is 19.5 Å². The average Bonchev–Trinajstić information content (AvgIpc) is 2.66. The fourth-order valence-corrected chi connectivity index (χ4v) is 2.05. The van der Waals surface area contributed by atoms with Crippen molar-refractivity contribution in [3.05, 3.63) is 65.5 Å². The van der Waals surface area contributed by atoms with Crippen LogP contribution in [0.3, 0.4) is 0 Å². The second-order valence-corrected chi connectivity index (χ2v) is 4.10. The van der Waals surface area contributed by atoms with E-state index in [0.29, 0.717) is 11.1 Å². The second kappa shape index (κ2) is 6.05. The van der Waals surface area contributed by atoms with Crippen molar-refractivity contribution in [2.24, 2.45) is 0 Å². The van der Waals surface area contributed by atoms with Crippen LogP contribution < -0.4 is 0 Å². The maximum atomic E-state index is 12.1. The maximum absolute atomic E-state index is 12.1. The van der Waals surface area contributed by atoms with Gasteiger partial charge in [0.1, 0.15) is 0 Å². The SMILES string of the molecule is O.O.O=C1c2ccccc2C(=O)N1Cc1ccncc1. The number of amides is 2. The fraction of sp³-hybridized carbons (Fsp3) is 0.0714. The van der Waals surface area contributed by atoms with Gasteiger partial charge in [0.25, 0.3) is 11.8 Å². The lowest BCUT2D eigenvalue weighted by atomic mass is 10.1. The first-order chi connectivity index (χ1) is 8.77. The number of fused-ring (bicyclic) bond motifs is 1. The summed E-state index contributed by atoms with van der Waals surface area (Å²) in [5.74, 6) is -0.458. The van der Waals surface area contributed by atoms with Gasteiger partial charge in [-0.05, 0) is 29.8 Å². The zero-order chi connectivity index (χ0) is 12.5. The topological polar surface area (TPSA) is 113 Å². The molecule has 2 amide bonds. The number of carbonyl (C=O) groups is 2.